The first kappa shape index (κ1) is 20.9. The van der Waals surface area contributed by atoms with Crippen molar-refractivity contribution in [3.8, 4) is 11.4 Å². The van der Waals surface area contributed by atoms with Gasteiger partial charge in [-0.2, -0.15) is 4.68 Å². The number of hydrogen-bond donors (Lipinski definition) is 1. The van der Waals surface area contributed by atoms with E-state index in [0.717, 1.165) is 29.1 Å². The zero-order valence-corrected chi connectivity index (χ0v) is 17.8. The molecular formula is C21H25N5O2S. The second kappa shape index (κ2) is 9.56. The molecule has 2 aromatic carbocycles. The van der Waals surface area contributed by atoms with Crippen LogP contribution in [0.15, 0.2) is 53.7 Å². The van der Waals surface area contributed by atoms with E-state index in [1.807, 2.05) is 49.4 Å². The number of carbonyl (C=O) groups is 1. The van der Waals surface area contributed by atoms with E-state index in [0.29, 0.717) is 11.1 Å². The molecule has 0 radical (unpaired) electrons. The standard InChI is InChI=1S/C21H25N5O2S/c1-5-14(2)18-8-6-7-9-19(18)22-20(27)15(3)29-21-23-24-25-26(21)16-10-12-17(28-4)13-11-16/h6-15H,5H2,1-4H3,(H,22,27). The van der Waals surface area contributed by atoms with E-state index in [2.05, 4.69) is 40.8 Å². The van der Waals surface area contributed by atoms with Gasteiger partial charge in [0.1, 0.15) is 5.75 Å². The number of aromatic nitrogens is 4. The minimum absolute atomic E-state index is 0.0879. The maximum Gasteiger partial charge on any atom is 0.237 e. The molecule has 0 saturated carbocycles. The third kappa shape index (κ3) is 4.95. The fourth-order valence-electron chi connectivity index (χ4n) is 2.84. The van der Waals surface area contributed by atoms with Crippen LogP contribution in [0.5, 0.6) is 5.75 Å². The molecule has 152 valence electrons. The van der Waals surface area contributed by atoms with Gasteiger partial charge in [-0.05, 0) is 65.6 Å². The summed E-state index contributed by atoms with van der Waals surface area (Å²) >= 11 is 1.31. The van der Waals surface area contributed by atoms with Crippen molar-refractivity contribution in [1.29, 1.82) is 0 Å². The number of rotatable bonds is 8. The summed E-state index contributed by atoms with van der Waals surface area (Å²) in [5.41, 5.74) is 2.80. The smallest absolute Gasteiger partial charge is 0.237 e. The maximum atomic E-state index is 12.8. The summed E-state index contributed by atoms with van der Waals surface area (Å²) in [6.07, 6.45) is 1.01. The van der Waals surface area contributed by atoms with Gasteiger partial charge in [-0.3, -0.25) is 4.79 Å². The zero-order valence-electron chi connectivity index (χ0n) is 17.0. The molecule has 8 heteroatoms. The van der Waals surface area contributed by atoms with Crippen LogP contribution in [0.3, 0.4) is 0 Å². The molecule has 7 nitrogen and oxygen atoms in total. The summed E-state index contributed by atoms with van der Waals surface area (Å²) < 4.78 is 6.80. The number of amides is 1. The van der Waals surface area contributed by atoms with Crippen LogP contribution in [0.4, 0.5) is 5.69 Å². The summed E-state index contributed by atoms with van der Waals surface area (Å²) in [4.78, 5) is 12.8. The molecule has 0 saturated heterocycles. The van der Waals surface area contributed by atoms with Crippen molar-refractivity contribution in [1.82, 2.24) is 20.2 Å². The van der Waals surface area contributed by atoms with E-state index in [1.165, 1.54) is 11.8 Å². The second-order valence-electron chi connectivity index (χ2n) is 6.72. The molecule has 0 aliphatic rings. The molecule has 1 aromatic heterocycles. The normalized spacial score (nSPS) is 13.0. The quantitative estimate of drug-likeness (QED) is 0.557. The predicted octanol–water partition coefficient (Wildman–Crippen LogP) is 4.30. The van der Waals surface area contributed by atoms with Gasteiger partial charge in [-0.25, -0.2) is 0 Å². The number of thioether (sulfide) groups is 1. The highest BCUT2D eigenvalue weighted by Crippen LogP contribution is 2.28. The van der Waals surface area contributed by atoms with Crippen LogP contribution >= 0.6 is 11.8 Å². The molecule has 0 bridgehead atoms. The molecule has 3 rings (SSSR count). The topological polar surface area (TPSA) is 81.9 Å². The number of para-hydroxylation sites is 1. The Morgan fingerprint density at radius 1 is 1.17 bits per heavy atom. The van der Waals surface area contributed by atoms with E-state index in [4.69, 9.17) is 4.74 Å². The van der Waals surface area contributed by atoms with E-state index < -0.39 is 0 Å². The average Bonchev–Trinajstić information content (AvgIpc) is 3.21. The lowest BCUT2D eigenvalue weighted by atomic mass is 9.97. The van der Waals surface area contributed by atoms with Crippen LogP contribution in [-0.2, 0) is 4.79 Å². The van der Waals surface area contributed by atoms with Crippen molar-refractivity contribution in [3.05, 3.63) is 54.1 Å². The first-order valence-corrected chi connectivity index (χ1v) is 10.4. The largest absolute Gasteiger partial charge is 0.497 e. The number of carbonyl (C=O) groups excluding carboxylic acids is 1. The molecule has 1 amide bonds. The molecule has 0 aliphatic carbocycles. The van der Waals surface area contributed by atoms with Crippen molar-refractivity contribution in [2.24, 2.45) is 0 Å². The summed E-state index contributed by atoms with van der Waals surface area (Å²) in [6, 6.07) is 15.4. The van der Waals surface area contributed by atoms with Crippen LogP contribution in [0.2, 0.25) is 0 Å². The number of nitrogens with one attached hydrogen (secondary N) is 1. The van der Waals surface area contributed by atoms with E-state index in [1.54, 1.807) is 11.8 Å². The molecule has 29 heavy (non-hydrogen) atoms. The lowest BCUT2D eigenvalue weighted by molar-refractivity contribution is -0.115. The third-order valence-corrected chi connectivity index (χ3v) is 5.80. The molecule has 2 unspecified atom stereocenters. The summed E-state index contributed by atoms with van der Waals surface area (Å²) in [6.45, 7) is 6.14. The number of hydrogen-bond acceptors (Lipinski definition) is 6. The molecule has 0 spiro atoms. The Labute approximate surface area is 174 Å². The average molecular weight is 412 g/mol. The first-order valence-electron chi connectivity index (χ1n) is 9.52. The molecule has 0 aliphatic heterocycles. The maximum absolute atomic E-state index is 12.8. The zero-order chi connectivity index (χ0) is 20.8. The number of anilines is 1. The highest BCUT2D eigenvalue weighted by molar-refractivity contribution is 8.00. The highest BCUT2D eigenvalue weighted by Gasteiger charge is 2.21. The molecule has 1 N–H and O–H groups in total. The molecule has 2 atom stereocenters. The summed E-state index contributed by atoms with van der Waals surface area (Å²) in [5.74, 6) is 1.04. The monoisotopic (exact) mass is 411 g/mol. The number of benzene rings is 2. The highest BCUT2D eigenvalue weighted by atomic mass is 32.2. The fourth-order valence-corrected chi connectivity index (χ4v) is 3.65. The Morgan fingerprint density at radius 2 is 1.90 bits per heavy atom. The van der Waals surface area contributed by atoms with Gasteiger partial charge in [0.25, 0.3) is 0 Å². The minimum atomic E-state index is -0.372. The number of tetrazole rings is 1. The van der Waals surface area contributed by atoms with Crippen molar-refractivity contribution in [2.45, 2.75) is 43.5 Å². The number of ether oxygens (including phenoxy) is 1. The SMILES string of the molecule is CCC(C)c1ccccc1NC(=O)C(C)Sc1nnnn1-c1ccc(OC)cc1. The van der Waals surface area contributed by atoms with Gasteiger partial charge in [0.15, 0.2) is 0 Å². The first-order chi connectivity index (χ1) is 14.0. The van der Waals surface area contributed by atoms with Gasteiger partial charge in [0, 0.05) is 5.69 Å². The Balaban J connectivity index is 1.72. The fraction of sp³-hybridized carbons (Fsp3) is 0.333. The van der Waals surface area contributed by atoms with Gasteiger partial charge >= 0.3 is 0 Å². The Hall–Kier alpha value is -2.87. The van der Waals surface area contributed by atoms with Crippen LogP contribution in [-0.4, -0.2) is 38.5 Å². The van der Waals surface area contributed by atoms with E-state index >= 15 is 0 Å². The summed E-state index contributed by atoms with van der Waals surface area (Å²) in [7, 11) is 1.62. The van der Waals surface area contributed by atoms with Crippen LogP contribution in [0, 0.1) is 0 Å². The number of methoxy groups -OCH3 is 1. The van der Waals surface area contributed by atoms with Crippen LogP contribution in [0.1, 0.15) is 38.7 Å². The Morgan fingerprint density at radius 3 is 2.59 bits per heavy atom. The molecule has 0 fully saturated rings. The van der Waals surface area contributed by atoms with Crippen LogP contribution in [0.25, 0.3) is 5.69 Å². The molecule has 3 aromatic rings. The predicted molar refractivity (Wildman–Crippen MR) is 115 cm³/mol. The Bertz CT molecular complexity index is 958. The van der Waals surface area contributed by atoms with Gasteiger partial charge in [0.2, 0.25) is 11.1 Å². The third-order valence-electron chi connectivity index (χ3n) is 4.77. The van der Waals surface area contributed by atoms with Crippen molar-refractivity contribution in [3.63, 3.8) is 0 Å². The van der Waals surface area contributed by atoms with Crippen molar-refractivity contribution < 1.29 is 9.53 Å². The van der Waals surface area contributed by atoms with Gasteiger partial charge in [-0.1, -0.05) is 43.8 Å². The van der Waals surface area contributed by atoms with E-state index in [-0.39, 0.29) is 11.2 Å². The summed E-state index contributed by atoms with van der Waals surface area (Å²) in [5, 5.41) is 15.1. The lowest BCUT2D eigenvalue weighted by Crippen LogP contribution is -2.23. The van der Waals surface area contributed by atoms with Gasteiger partial charge in [-0.15, -0.1) is 5.10 Å². The number of nitrogens with zero attached hydrogens (tertiary/aromatic N) is 4. The van der Waals surface area contributed by atoms with E-state index in [9.17, 15) is 4.79 Å². The molecular weight excluding hydrogens is 386 g/mol. The van der Waals surface area contributed by atoms with Crippen LogP contribution < -0.4 is 10.1 Å². The minimum Gasteiger partial charge on any atom is -0.497 e. The van der Waals surface area contributed by atoms with Crippen molar-refractivity contribution >= 4 is 23.4 Å². The second-order valence-corrected chi connectivity index (χ2v) is 8.03. The molecule has 1 heterocycles. The lowest BCUT2D eigenvalue weighted by Gasteiger charge is -2.17. The van der Waals surface area contributed by atoms with Gasteiger partial charge < -0.3 is 10.1 Å². The van der Waals surface area contributed by atoms with Crippen molar-refractivity contribution in [2.75, 3.05) is 12.4 Å². The Kier molecular flexibility index (Phi) is 6.87. The van der Waals surface area contributed by atoms with Gasteiger partial charge in [0.05, 0.1) is 18.0 Å².